The summed E-state index contributed by atoms with van der Waals surface area (Å²) in [6, 6.07) is 12.8. The van der Waals surface area contributed by atoms with E-state index >= 15 is 0 Å². The predicted octanol–water partition coefficient (Wildman–Crippen LogP) is 4.81. The quantitative estimate of drug-likeness (QED) is 0.312. The van der Waals surface area contributed by atoms with Gasteiger partial charge in [-0.15, -0.1) is 24.0 Å². The number of ether oxygens (including phenoxy) is 1. The normalized spacial score (nSPS) is 31.1. The Balaban J connectivity index is 0.00000289. The van der Waals surface area contributed by atoms with Crippen molar-refractivity contribution < 1.29 is 4.74 Å². The maximum Gasteiger partial charge on any atom is 0.191 e. The highest BCUT2D eigenvalue weighted by atomic mass is 127. The van der Waals surface area contributed by atoms with Crippen LogP contribution in [-0.4, -0.2) is 55.3 Å². The molecule has 0 amide bonds. The summed E-state index contributed by atoms with van der Waals surface area (Å²) >= 11 is 0. The molecule has 0 spiro atoms. The number of hydrogen-bond acceptors (Lipinski definition) is 3. The first kappa shape index (κ1) is 25.8. The van der Waals surface area contributed by atoms with Gasteiger partial charge in [0, 0.05) is 50.8 Å². The number of fused-ring (bicyclic) bond motifs is 2. The fraction of sp³-hybridized carbons (Fsp3) is 0.731. The van der Waals surface area contributed by atoms with Crippen molar-refractivity contribution in [2.24, 2.45) is 16.3 Å². The van der Waals surface area contributed by atoms with Crippen molar-refractivity contribution in [3.63, 3.8) is 0 Å². The lowest BCUT2D eigenvalue weighted by atomic mass is 9.78. The number of nitrogens with zero attached hydrogens (tertiary/aromatic N) is 2. The molecule has 0 saturated carbocycles. The van der Waals surface area contributed by atoms with Crippen LogP contribution in [0.1, 0.15) is 64.9 Å². The highest BCUT2D eigenvalue weighted by molar-refractivity contribution is 14.0. The number of aliphatic imine (C=N–C) groups is 1. The fourth-order valence-electron chi connectivity index (χ4n) is 6.07. The van der Waals surface area contributed by atoms with E-state index in [-0.39, 0.29) is 29.4 Å². The number of guanidine groups is 1. The third-order valence-corrected chi connectivity index (χ3v) is 7.49. The number of nitrogens with one attached hydrogen (secondary N) is 2. The first-order chi connectivity index (χ1) is 14.9. The zero-order chi connectivity index (χ0) is 21.8. The topological polar surface area (TPSA) is 48.9 Å². The van der Waals surface area contributed by atoms with Gasteiger partial charge in [-0.25, -0.2) is 0 Å². The third kappa shape index (κ3) is 6.38. The van der Waals surface area contributed by atoms with Crippen molar-refractivity contribution in [3.8, 4) is 0 Å². The largest absolute Gasteiger partial charge is 0.377 e. The minimum absolute atomic E-state index is 0. The molecule has 4 atom stereocenters. The SMILES string of the molecule is CN=C(NCC1CCCOC1C(C)(C)C)NC1CC2CCC(C1)N2Cc1ccccc1.I. The molecule has 1 aromatic rings. The van der Waals surface area contributed by atoms with Gasteiger partial charge in [0.2, 0.25) is 0 Å². The molecule has 6 heteroatoms. The van der Waals surface area contributed by atoms with Gasteiger partial charge in [0.25, 0.3) is 0 Å². The van der Waals surface area contributed by atoms with E-state index in [1.807, 2.05) is 7.05 Å². The molecule has 2 N–H and O–H groups in total. The van der Waals surface area contributed by atoms with Gasteiger partial charge in [-0.3, -0.25) is 9.89 Å². The number of benzene rings is 1. The predicted molar refractivity (Wildman–Crippen MR) is 144 cm³/mol. The van der Waals surface area contributed by atoms with Crippen LogP contribution in [0.3, 0.4) is 0 Å². The van der Waals surface area contributed by atoms with Crippen LogP contribution in [0.15, 0.2) is 35.3 Å². The van der Waals surface area contributed by atoms with Crippen molar-refractivity contribution in [1.82, 2.24) is 15.5 Å². The van der Waals surface area contributed by atoms with Crippen molar-refractivity contribution in [3.05, 3.63) is 35.9 Å². The molecule has 3 heterocycles. The Morgan fingerprint density at radius 1 is 1.09 bits per heavy atom. The second-order valence-corrected chi connectivity index (χ2v) is 10.9. The summed E-state index contributed by atoms with van der Waals surface area (Å²) in [7, 11) is 1.90. The fourth-order valence-corrected chi connectivity index (χ4v) is 6.07. The van der Waals surface area contributed by atoms with Gasteiger partial charge in [-0.2, -0.15) is 0 Å². The first-order valence-corrected chi connectivity index (χ1v) is 12.3. The number of piperidine rings is 1. The molecular formula is C26H43IN4O. The number of halogens is 1. The Labute approximate surface area is 212 Å². The second-order valence-electron chi connectivity index (χ2n) is 10.9. The summed E-state index contributed by atoms with van der Waals surface area (Å²) in [6.45, 7) is 9.80. The lowest BCUT2D eigenvalue weighted by molar-refractivity contribution is -0.0835. The van der Waals surface area contributed by atoms with Crippen LogP contribution in [0.25, 0.3) is 0 Å². The van der Waals surface area contributed by atoms with E-state index in [1.165, 1.54) is 37.7 Å². The maximum atomic E-state index is 6.16. The van der Waals surface area contributed by atoms with Crippen LogP contribution in [0.2, 0.25) is 0 Å². The molecule has 0 aliphatic carbocycles. The maximum absolute atomic E-state index is 6.16. The standard InChI is InChI=1S/C26H42N4O.HI/c1-26(2,3)24-20(11-8-14-31-24)17-28-25(27-4)29-21-15-22-12-13-23(16-21)30(22)18-19-9-6-5-7-10-19;/h5-7,9-10,20-24H,8,11-18H2,1-4H3,(H2,27,28,29);1H. The number of rotatable bonds is 5. The van der Waals surface area contributed by atoms with E-state index in [0.717, 1.165) is 32.1 Å². The lowest BCUT2D eigenvalue weighted by Gasteiger charge is -2.41. The summed E-state index contributed by atoms with van der Waals surface area (Å²) in [5.41, 5.74) is 1.61. The lowest BCUT2D eigenvalue weighted by Crippen LogP contribution is -2.53. The molecule has 3 saturated heterocycles. The van der Waals surface area contributed by atoms with Gasteiger partial charge in [-0.05, 0) is 49.5 Å². The van der Waals surface area contributed by atoms with Crippen molar-refractivity contribution >= 4 is 29.9 Å². The molecule has 3 fully saturated rings. The van der Waals surface area contributed by atoms with Gasteiger partial charge in [0.1, 0.15) is 0 Å². The van der Waals surface area contributed by atoms with Crippen LogP contribution < -0.4 is 10.6 Å². The zero-order valence-electron chi connectivity index (χ0n) is 20.3. The number of hydrogen-bond donors (Lipinski definition) is 2. The second kappa shape index (κ2) is 11.5. The summed E-state index contributed by atoms with van der Waals surface area (Å²) in [4.78, 5) is 7.30. The average Bonchev–Trinajstić information content (AvgIpc) is 2.99. The molecule has 4 unspecified atom stereocenters. The molecule has 0 radical (unpaired) electrons. The summed E-state index contributed by atoms with van der Waals surface area (Å²) in [5, 5.41) is 7.39. The summed E-state index contributed by atoms with van der Waals surface area (Å²) in [6.07, 6.45) is 7.77. The first-order valence-electron chi connectivity index (χ1n) is 12.3. The van der Waals surface area contributed by atoms with E-state index in [2.05, 4.69) is 71.6 Å². The van der Waals surface area contributed by atoms with Crippen LogP contribution >= 0.6 is 24.0 Å². The van der Waals surface area contributed by atoms with Crippen molar-refractivity contribution in [2.75, 3.05) is 20.2 Å². The third-order valence-electron chi connectivity index (χ3n) is 7.49. The summed E-state index contributed by atoms with van der Waals surface area (Å²) in [5.74, 6) is 1.50. The van der Waals surface area contributed by atoms with Gasteiger partial charge in [0.05, 0.1) is 6.10 Å². The van der Waals surface area contributed by atoms with E-state index < -0.39 is 0 Å². The van der Waals surface area contributed by atoms with E-state index in [9.17, 15) is 0 Å². The van der Waals surface area contributed by atoms with E-state index in [4.69, 9.17) is 4.74 Å². The van der Waals surface area contributed by atoms with Gasteiger partial charge in [-0.1, -0.05) is 51.1 Å². The highest BCUT2D eigenvalue weighted by Gasteiger charge is 2.41. The van der Waals surface area contributed by atoms with Gasteiger partial charge >= 0.3 is 0 Å². The Morgan fingerprint density at radius 3 is 2.41 bits per heavy atom. The van der Waals surface area contributed by atoms with Crippen LogP contribution in [0, 0.1) is 11.3 Å². The molecule has 2 bridgehead atoms. The highest BCUT2D eigenvalue weighted by Crippen LogP contribution is 2.37. The van der Waals surface area contributed by atoms with Gasteiger partial charge < -0.3 is 15.4 Å². The molecular weight excluding hydrogens is 511 g/mol. The van der Waals surface area contributed by atoms with E-state index in [1.54, 1.807) is 0 Å². The Kier molecular flexibility index (Phi) is 9.27. The minimum Gasteiger partial charge on any atom is -0.377 e. The monoisotopic (exact) mass is 554 g/mol. The van der Waals surface area contributed by atoms with Crippen LogP contribution in [-0.2, 0) is 11.3 Å². The van der Waals surface area contributed by atoms with Gasteiger partial charge in [0.15, 0.2) is 5.96 Å². The molecule has 5 nitrogen and oxygen atoms in total. The molecule has 32 heavy (non-hydrogen) atoms. The van der Waals surface area contributed by atoms with Crippen molar-refractivity contribution in [1.29, 1.82) is 0 Å². The molecule has 1 aromatic carbocycles. The molecule has 3 aliphatic heterocycles. The Morgan fingerprint density at radius 2 is 1.78 bits per heavy atom. The molecule has 0 aromatic heterocycles. The van der Waals surface area contributed by atoms with Crippen molar-refractivity contribution in [2.45, 2.75) is 90.1 Å². The van der Waals surface area contributed by atoms with Crippen LogP contribution in [0.5, 0.6) is 0 Å². The summed E-state index contributed by atoms with van der Waals surface area (Å²) < 4.78 is 6.16. The zero-order valence-corrected chi connectivity index (χ0v) is 22.7. The van der Waals surface area contributed by atoms with Crippen LogP contribution in [0.4, 0.5) is 0 Å². The average molecular weight is 555 g/mol. The molecule has 4 rings (SSSR count). The molecule has 3 aliphatic rings. The molecule has 180 valence electrons. The Bertz CT molecular complexity index is 721. The minimum atomic E-state index is 0. The van der Waals surface area contributed by atoms with E-state index in [0.29, 0.717) is 30.1 Å². The smallest absolute Gasteiger partial charge is 0.191 e. The Hall–Kier alpha value is -0.860.